The molecule has 0 aromatic heterocycles. The second-order valence-electron chi connectivity index (χ2n) is 6.44. The molecule has 0 aliphatic heterocycles. The Morgan fingerprint density at radius 2 is 1.60 bits per heavy atom. The Bertz CT molecular complexity index is 649. The molecule has 0 saturated carbocycles. The normalized spacial score (nSPS) is 10.8. The lowest BCUT2D eigenvalue weighted by Gasteiger charge is -2.08. The van der Waals surface area contributed by atoms with Gasteiger partial charge in [0, 0.05) is 9.79 Å². The van der Waals surface area contributed by atoms with Gasteiger partial charge in [0.1, 0.15) is 0 Å². The fraction of sp³-hybridized carbons (Fsp3) is 0.409. The molecule has 0 spiro atoms. The molecule has 0 fully saturated rings. The third-order valence-electron chi connectivity index (χ3n) is 4.28. The second-order valence-corrected chi connectivity index (χ2v) is 7.56. The smallest absolute Gasteiger partial charge is 0.307 e. The largest absolute Gasteiger partial charge is 0.481 e. The summed E-state index contributed by atoms with van der Waals surface area (Å²) in [6.45, 7) is 2.25. The Morgan fingerprint density at radius 1 is 0.920 bits per heavy atom. The van der Waals surface area contributed by atoms with Gasteiger partial charge >= 0.3 is 5.97 Å². The van der Waals surface area contributed by atoms with Crippen molar-refractivity contribution in [2.45, 2.75) is 68.1 Å². The average Bonchev–Trinajstić information content (AvgIpc) is 2.61. The van der Waals surface area contributed by atoms with Crippen LogP contribution in [0.5, 0.6) is 0 Å². The van der Waals surface area contributed by atoms with Gasteiger partial charge in [0.25, 0.3) is 0 Å². The van der Waals surface area contributed by atoms with Crippen LogP contribution >= 0.6 is 11.8 Å². The summed E-state index contributed by atoms with van der Waals surface area (Å²) in [7, 11) is 0. The molecule has 2 nitrogen and oxygen atoms in total. The Hall–Kier alpha value is -1.74. The molecular weight excluding hydrogens is 328 g/mol. The maximum Gasteiger partial charge on any atom is 0.307 e. The van der Waals surface area contributed by atoms with Crippen LogP contribution < -0.4 is 0 Å². The molecule has 2 rings (SSSR count). The van der Waals surface area contributed by atoms with Gasteiger partial charge in [-0.2, -0.15) is 0 Å². The van der Waals surface area contributed by atoms with E-state index in [0.29, 0.717) is 0 Å². The lowest BCUT2D eigenvalue weighted by molar-refractivity contribution is -0.136. The minimum Gasteiger partial charge on any atom is -0.481 e. The number of carbonyl (C=O) groups is 1. The van der Waals surface area contributed by atoms with Crippen molar-refractivity contribution in [1.29, 1.82) is 0 Å². The highest BCUT2D eigenvalue weighted by molar-refractivity contribution is 7.99. The van der Waals surface area contributed by atoms with Crippen LogP contribution in [0.3, 0.4) is 0 Å². The zero-order valence-corrected chi connectivity index (χ0v) is 15.9. The van der Waals surface area contributed by atoms with Gasteiger partial charge in [-0.15, -0.1) is 0 Å². The van der Waals surface area contributed by atoms with Gasteiger partial charge in [-0.05, 0) is 42.2 Å². The molecule has 0 saturated heterocycles. The number of benzene rings is 2. The molecule has 0 aliphatic carbocycles. The number of hydrogen-bond acceptors (Lipinski definition) is 2. The van der Waals surface area contributed by atoms with E-state index in [2.05, 4.69) is 31.2 Å². The molecule has 0 radical (unpaired) electrons. The molecule has 3 heteroatoms. The lowest BCUT2D eigenvalue weighted by Crippen LogP contribution is -2.01. The quantitative estimate of drug-likeness (QED) is 0.475. The summed E-state index contributed by atoms with van der Waals surface area (Å²) in [5.41, 5.74) is 2.26. The molecule has 2 aromatic rings. The summed E-state index contributed by atoms with van der Waals surface area (Å²) in [5.74, 6) is -0.790. The standard InChI is InChI=1S/C22H28O2S/c1-2-3-4-5-6-7-10-18-13-15-20(16-14-18)25-21-12-9-8-11-19(21)17-22(23)24/h8-9,11-16H,2-7,10,17H2,1H3,(H,23,24). The first-order chi connectivity index (χ1) is 12.2. The van der Waals surface area contributed by atoms with E-state index < -0.39 is 5.97 Å². The zero-order chi connectivity index (χ0) is 17.9. The van der Waals surface area contributed by atoms with E-state index in [0.717, 1.165) is 21.8 Å². The summed E-state index contributed by atoms with van der Waals surface area (Å²) in [5, 5.41) is 9.04. The number of rotatable bonds is 11. The Labute approximate surface area is 155 Å². The number of carboxylic acid groups (broad SMARTS) is 1. The Morgan fingerprint density at radius 3 is 2.32 bits per heavy atom. The molecule has 0 aliphatic rings. The summed E-state index contributed by atoms with van der Waals surface area (Å²) in [4.78, 5) is 13.2. The van der Waals surface area contributed by atoms with Gasteiger partial charge in [0.2, 0.25) is 0 Å². The maximum absolute atomic E-state index is 11.0. The van der Waals surface area contributed by atoms with Crippen LogP contribution in [-0.4, -0.2) is 11.1 Å². The minimum absolute atomic E-state index is 0.0687. The van der Waals surface area contributed by atoms with Gasteiger partial charge in [0.15, 0.2) is 0 Å². The molecule has 25 heavy (non-hydrogen) atoms. The van der Waals surface area contributed by atoms with Crippen molar-refractivity contribution in [2.24, 2.45) is 0 Å². The van der Waals surface area contributed by atoms with Crippen LogP contribution in [0.15, 0.2) is 58.3 Å². The molecule has 0 atom stereocenters. The molecular formula is C22H28O2S. The number of unbranched alkanes of at least 4 members (excludes halogenated alkanes) is 5. The lowest BCUT2D eigenvalue weighted by atomic mass is 10.1. The predicted molar refractivity (Wildman–Crippen MR) is 105 cm³/mol. The SMILES string of the molecule is CCCCCCCCc1ccc(Sc2ccccc2CC(=O)O)cc1. The molecule has 0 heterocycles. The Kier molecular flexibility index (Phi) is 8.61. The molecule has 0 bridgehead atoms. The number of aliphatic carboxylic acids is 1. The zero-order valence-electron chi connectivity index (χ0n) is 15.0. The van der Waals surface area contributed by atoms with Gasteiger partial charge < -0.3 is 5.11 Å². The van der Waals surface area contributed by atoms with E-state index in [-0.39, 0.29) is 6.42 Å². The van der Waals surface area contributed by atoms with Crippen molar-refractivity contribution in [3.63, 3.8) is 0 Å². The van der Waals surface area contributed by atoms with E-state index in [9.17, 15) is 4.79 Å². The summed E-state index contributed by atoms with van der Waals surface area (Å²) < 4.78 is 0. The van der Waals surface area contributed by atoms with Crippen LogP contribution in [0.4, 0.5) is 0 Å². The van der Waals surface area contributed by atoms with Crippen molar-refractivity contribution >= 4 is 17.7 Å². The summed E-state index contributed by atoms with van der Waals surface area (Å²) in [6, 6.07) is 16.4. The highest BCUT2D eigenvalue weighted by Gasteiger charge is 2.07. The summed E-state index contributed by atoms with van der Waals surface area (Å²) in [6.07, 6.45) is 9.16. The average molecular weight is 357 g/mol. The number of carboxylic acids is 1. The molecule has 0 amide bonds. The number of aryl methyl sites for hydroxylation is 1. The molecule has 0 unspecified atom stereocenters. The highest BCUT2D eigenvalue weighted by Crippen LogP contribution is 2.31. The predicted octanol–water partition coefficient (Wildman–Crippen LogP) is 6.37. The van der Waals surface area contributed by atoms with Crippen LogP contribution in [0, 0.1) is 0 Å². The number of hydrogen-bond donors (Lipinski definition) is 1. The van der Waals surface area contributed by atoms with Gasteiger partial charge in [0.05, 0.1) is 6.42 Å². The molecule has 134 valence electrons. The van der Waals surface area contributed by atoms with Gasteiger partial charge in [-0.25, -0.2) is 0 Å². The first kappa shape index (κ1) is 19.6. The molecule has 1 N–H and O–H groups in total. The van der Waals surface area contributed by atoms with Gasteiger partial charge in [-0.1, -0.05) is 81.1 Å². The van der Waals surface area contributed by atoms with Crippen molar-refractivity contribution in [2.75, 3.05) is 0 Å². The van der Waals surface area contributed by atoms with Crippen LogP contribution in [-0.2, 0) is 17.6 Å². The topological polar surface area (TPSA) is 37.3 Å². The van der Waals surface area contributed by atoms with Crippen molar-refractivity contribution in [3.8, 4) is 0 Å². The van der Waals surface area contributed by atoms with E-state index in [4.69, 9.17) is 5.11 Å². The van der Waals surface area contributed by atoms with E-state index in [1.165, 1.54) is 44.1 Å². The van der Waals surface area contributed by atoms with Gasteiger partial charge in [-0.3, -0.25) is 4.79 Å². The van der Waals surface area contributed by atoms with E-state index in [1.54, 1.807) is 11.8 Å². The monoisotopic (exact) mass is 356 g/mol. The van der Waals surface area contributed by atoms with Crippen molar-refractivity contribution in [3.05, 3.63) is 59.7 Å². The van der Waals surface area contributed by atoms with Crippen molar-refractivity contribution in [1.82, 2.24) is 0 Å². The summed E-state index contributed by atoms with van der Waals surface area (Å²) >= 11 is 1.64. The second kappa shape index (κ2) is 11.0. The van der Waals surface area contributed by atoms with Crippen LogP contribution in [0.1, 0.15) is 56.6 Å². The van der Waals surface area contributed by atoms with Crippen LogP contribution in [0.2, 0.25) is 0 Å². The first-order valence-electron chi connectivity index (χ1n) is 9.25. The molecule has 2 aromatic carbocycles. The maximum atomic E-state index is 11.0. The van der Waals surface area contributed by atoms with Crippen molar-refractivity contribution < 1.29 is 9.90 Å². The Balaban J connectivity index is 1.85. The third kappa shape index (κ3) is 7.35. The van der Waals surface area contributed by atoms with Crippen LogP contribution in [0.25, 0.3) is 0 Å². The minimum atomic E-state index is -0.790. The highest BCUT2D eigenvalue weighted by atomic mass is 32.2. The van der Waals surface area contributed by atoms with E-state index in [1.807, 2.05) is 24.3 Å². The van der Waals surface area contributed by atoms with E-state index >= 15 is 0 Å². The first-order valence-corrected chi connectivity index (χ1v) is 10.1. The fourth-order valence-electron chi connectivity index (χ4n) is 2.87. The fourth-order valence-corrected chi connectivity index (χ4v) is 3.82. The third-order valence-corrected chi connectivity index (χ3v) is 5.41.